The van der Waals surface area contributed by atoms with Crippen molar-refractivity contribution in [1.29, 1.82) is 0 Å². The SMILES string of the molecule is NCc1ccccc1-c1ccccc1C(=O)Nc1ccc(C(=O)C2Cc3ccccc3-c3ccc4c(c32)CCCC4Cc2cccnc2)cc1. The maximum Gasteiger partial charge on any atom is 0.256 e. The third kappa shape index (κ3) is 5.95. The van der Waals surface area contributed by atoms with Gasteiger partial charge in [-0.15, -0.1) is 0 Å². The van der Waals surface area contributed by atoms with Crippen molar-refractivity contribution in [3.05, 3.63) is 178 Å². The van der Waals surface area contributed by atoms with Crippen LogP contribution in [-0.4, -0.2) is 16.7 Å². The summed E-state index contributed by atoms with van der Waals surface area (Å²) in [4.78, 5) is 32.5. The normalized spacial score (nSPS) is 16.1. The van der Waals surface area contributed by atoms with Gasteiger partial charge in [-0.3, -0.25) is 14.6 Å². The zero-order chi connectivity index (χ0) is 34.0. The highest BCUT2D eigenvalue weighted by Gasteiger charge is 2.35. The average molecular weight is 654 g/mol. The average Bonchev–Trinajstić information content (AvgIpc) is 3.18. The van der Waals surface area contributed by atoms with Crippen molar-refractivity contribution in [3.63, 3.8) is 0 Å². The van der Waals surface area contributed by atoms with Gasteiger partial charge in [0.15, 0.2) is 5.78 Å². The van der Waals surface area contributed by atoms with E-state index in [1.807, 2.05) is 91.3 Å². The number of fused-ring (bicyclic) bond motifs is 5. The van der Waals surface area contributed by atoms with E-state index >= 15 is 0 Å². The van der Waals surface area contributed by atoms with Crippen LogP contribution in [0.3, 0.4) is 0 Å². The number of benzene rings is 5. The molecule has 1 aromatic heterocycles. The quantitative estimate of drug-likeness (QED) is 0.160. The summed E-state index contributed by atoms with van der Waals surface area (Å²) < 4.78 is 0. The summed E-state index contributed by atoms with van der Waals surface area (Å²) in [5.74, 6) is 0.0295. The molecule has 5 aromatic carbocycles. The number of rotatable bonds is 8. The molecule has 50 heavy (non-hydrogen) atoms. The first-order chi connectivity index (χ1) is 24.6. The summed E-state index contributed by atoms with van der Waals surface area (Å²) in [6.07, 6.45) is 8.64. The molecule has 0 fully saturated rings. The van der Waals surface area contributed by atoms with Gasteiger partial charge in [-0.05, 0) is 130 Å². The number of hydrogen-bond donors (Lipinski definition) is 2. The van der Waals surface area contributed by atoms with Gasteiger partial charge < -0.3 is 11.1 Å². The Morgan fingerprint density at radius 1 is 0.760 bits per heavy atom. The summed E-state index contributed by atoms with van der Waals surface area (Å²) in [7, 11) is 0. The lowest BCUT2D eigenvalue weighted by Crippen LogP contribution is -2.24. The van der Waals surface area contributed by atoms with Gasteiger partial charge in [0, 0.05) is 35.8 Å². The number of nitrogens with zero attached hydrogens (tertiary/aromatic N) is 1. The number of amides is 1. The molecule has 0 bridgehead atoms. The van der Waals surface area contributed by atoms with Crippen LogP contribution in [0.5, 0.6) is 0 Å². The van der Waals surface area contributed by atoms with Gasteiger partial charge in [0.2, 0.25) is 0 Å². The minimum atomic E-state index is -0.276. The Balaban J connectivity index is 1.09. The van der Waals surface area contributed by atoms with Crippen LogP contribution < -0.4 is 11.1 Å². The third-order valence-electron chi connectivity index (χ3n) is 10.5. The monoisotopic (exact) mass is 653 g/mol. The van der Waals surface area contributed by atoms with Crippen LogP contribution in [0.25, 0.3) is 22.3 Å². The number of anilines is 1. The van der Waals surface area contributed by atoms with Crippen molar-refractivity contribution in [3.8, 4) is 22.3 Å². The first-order valence-electron chi connectivity index (χ1n) is 17.5. The van der Waals surface area contributed by atoms with Crippen LogP contribution in [0.15, 0.2) is 134 Å². The van der Waals surface area contributed by atoms with E-state index in [1.54, 1.807) is 0 Å². The lowest BCUT2D eigenvalue weighted by molar-refractivity contribution is 0.0957. The fourth-order valence-corrected chi connectivity index (χ4v) is 8.17. The standard InChI is InChI=1S/C45H39N3O2/c46-27-33-11-2-4-14-36(33)38-15-5-6-16-41(38)45(50)48-34-20-18-30(19-21-34)44(49)42-26-32-10-1-3-13-35(32)40-23-22-37-31(12-7-17-39(37)43(40)42)25-29-9-8-24-47-28-29/h1-6,8-11,13-16,18-24,28,31,42H,7,12,17,25-27,46H2,(H,48,50). The van der Waals surface area contributed by atoms with E-state index in [1.165, 1.54) is 38.9 Å². The molecular weight excluding hydrogens is 615 g/mol. The van der Waals surface area contributed by atoms with E-state index in [9.17, 15) is 9.59 Å². The summed E-state index contributed by atoms with van der Waals surface area (Å²) in [6, 6.07) is 40.1. The zero-order valence-electron chi connectivity index (χ0n) is 27.9. The van der Waals surface area contributed by atoms with Gasteiger partial charge in [0.25, 0.3) is 5.91 Å². The molecule has 0 spiro atoms. The topological polar surface area (TPSA) is 85.1 Å². The number of aromatic nitrogens is 1. The molecule has 8 rings (SSSR count). The van der Waals surface area contributed by atoms with Crippen molar-refractivity contribution < 1.29 is 9.59 Å². The van der Waals surface area contributed by atoms with Crippen LogP contribution in [0.1, 0.15) is 78.8 Å². The van der Waals surface area contributed by atoms with Crippen LogP contribution in [-0.2, 0) is 25.8 Å². The predicted molar refractivity (Wildman–Crippen MR) is 200 cm³/mol. The number of nitrogens with two attached hydrogens (primary N) is 1. The Hall–Kier alpha value is -5.65. The minimum absolute atomic E-state index is 0.116. The van der Waals surface area contributed by atoms with Gasteiger partial charge in [0.1, 0.15) is 0 Å². The largest absolute Gasteiger partial charge is 0.326 e. The molecule has 1 heterocycles. The van der Waals surface area contributed by atoms with Crippen molar-refractivity contribution in [2.24, 2.45) is 5.73 Å². The zero-order valence-corrected chi connectivity index (χ0v) is 27.9. The molecule has 5 nitrogen and oxygen atoms in total. The smallest absolute Gasteiger partial charge is 0.256 e. The molecular formula is C45H39N3O2. The highest BCUT2D eigenvalue weighted by atomic mass is 16.1. The fourth-order valence-electron chi connectivity index (χ4n) is 8.17. The molecule has 2 aliphatic carbocycles. The number of hydrogen-bond acceptors (Lipinski definition) is 4. The summed E-state index contributed by atoms with van der Waals surface area (Å²) >= 11 is 0. The highest BCUT2D eigenvalue weighted by Crippen LogP contribution is 2.47. The lowest BCUT2D eigenvalue weighted by Gasteiger charge is -2.34. The molecule has 0 aliphatic heterocycles. The molecule has 2 aliphatic rings. The molecule has 2 atom stereocenters. The predicted octanol–water partition coefficient (Wildman–Crippen LogP) is 9.31. The molecule has 1 amide bonds. The fraction of sp³-hybridized carbons (Fsp3) is 0.178. The highest BCUT2D eigenvalue weighted by molar-refractivity contribution is 6.09. The number of Topliss-reactive ketones (excluding diaryl/α,β-unsaturated/α-hetero) is 1. The Labute approximate surface area is 293 Å². The summed E-state index contributed by atoms with van der Waals surface area (Å²) in [5, 5.41) is 3.06. The number of carbonyl (C=O) groups excluding carboxylic acids is 2. The van der Waals surface area contributed by atoms with Crippen LogP contribution in [0.4, 0.5) is 5.69 Å². The lowest BCUT2D eigenvalue weighted by atomic mass is 9.69. The van der Waals surface area contributed by atoms with Gasteiger partial charge in [-0.25, -0.2) is 0 Å². The first-order valence-corrected chi connectivity index (χ1v) is 17.5. The maximum atomic E-state index is 14.5. The second kappa shape index (κ2) is 13.7. The van der Waals surface area contributed by atoms with E-state index in [-0.39, 0.29) is 17.6 Å². The van der Waals surface area contributed by atoms with E-state index in [2.05, 4.69) is 52.8 Å². The molecule has 2 unspecified atom stereocenters. The van der Waals surface area contributed by atoms with Crippen LogP contribution in [0.2, 0.25) is 0 Å². The van der Waals surface area contributed by atoms with Gasteiger partial charge in [-0.2, -0.15) is 0 Å². The van der Waals surface area contributed by atoms with E-state index in [0.29, 0.717) is 35.7 Å². The Morgan fingerprint density at radius 3 is 2.32 bits per heavy atom. The molecule has 0 saturated heterocycles. The maximum absolute atomic E-state index is 14.5. The molecule has 6 aromatic rings. The Bertz CT molecular complexity index is 2210. The van der Waals surface area contributed by atoms with Gasteiger partial charge >= 0.3 is 0 Å². The Kier molecular flexibility index (Phi) is 8.66. The molecule has 3 N–H and O–H groups in total. The van der Waals surface area contributed by atoms with Crippen molar-refractivity contribution in [2.45, 2.75) is 50.5 Å². The van der Waals surface area contributed by atoms with E-state index in [4.69, 9.17) is 5.73 Å². The number of pyridine rings is 1. The van der Waals surface area contributed by atoms with E-state index < -0.39 is 0 Å². The Morgan fingerprint density at radius 2 is 1.52 bits per heavy atom. The third-order valence-corrected chi connectivity index (χ3v) is 10.5. The molecule has 246 valence electrons. The van der Waals surface area contributed by atoms with Crippen molar-refractivity contribution >= 4 is 17.4 Å². The summed E-state index contributed by atoms with van der Waals surface area (Å²) in [5.41, 5.74) is 19.4. The number of ketones is 1. The number of nitrogens with one attached hydrogen (secondary N) is 1. The molecule has 5 heteroatoms. The molecule has 0 saturated carbocycles. The van der Waals surface area contributed by atoms with Crippen LogP contribution in [0, 0.1) is 0 Å². The van der Waals surface area contributed by atoms with Crippen molar-refractivity contribution in [1.82, 2.24) is 4.98 Å². The minimum Gasteiger partial charge on any atom is -0.326 e. The second-order valence-electron chi connectivity index (χ2n) is 13.5. The molecule has 0 radical (unpaired) electrons. The van der Waals surface area contributed by atoms with E-state index in [0.717, 1.165) is 42.4 Å². The number of carbonyl (C=O) groups is 2. The van der Waals surface area contributed by atoms with Gasteiger partial charge in [-0.1, -0.05) is 84.9 Å². The first kappa shape index (κ1) is 31.6. The second-order valence-corrected chi connectivity index (χ2v) is 13.5. The van der Waals surface area contributed by atoms with Gasteiger partial charge in [0.05, 0.1) is 5.92 Å². The van der Waals surface area contributed by atoms with Crippen molar-refractivity contribution in [2.75, 3.05) is 5.32 Å². The summed E-state index contributed by atoms with van der Waals surface area (Å²) in [6.45, 7) is 0.382. The van der Waals surface area contributed by atoms with Crippen LogP contribution >= 0.6 is 0 Å².